The Hall–Kier alpha value is -1.44. The van der Waals surface area contributed by atoms with Gasteiger partial charge in [0.15, 0.2) is 0 Å². The summed E-state index contributed by atoms with van der Waals surface area (Å²) in [7, 11) is 2.01. The smallest absolute Gasteiger partial charge is 0.423 e. The number of hydrogen-bond acceptors (Lipinski definition) is 5. The van der Waals surface area contributed by atoms with Gasteiger partial charge in [-0.15, -0.1) is 0 Å². The van der Waals surface area contributed by atoms with Crippen molar-refractivity contribution in [2.45, 2.75) is 13.0 Å². The Morgan fingerprint density at radius 2 is 2.26 bits per heavy atom. The van der Waals surface area contributed by atoms with Crippen LogP contribution in [0.15, 0.2) is 12.3 Å². The first-order valence-electron chi connectivity index (χ1n) is 6.23. The number of rotatable bonds is 3. The number of carbonyl (C=O) groups is 1. The van der Waals surface area contributed by atoms with E-state index in [1.165, 1.54) is 6.20 Å². The van der Waals surface area contributed by atoms with E-state index in [0.717, 1.165) is 24.2 Å². The summed E-state index contributed by atoms with van der Waals surface area (Å²) in [6.45, 7) is 1.79. The van der Waals surface area contributed by atoms with Crippen LogP contribution >= 0.6 is 0 Å². The molecule has 7 heteroatoms. The van der Waals surface area contributed by atoms with Gasteiger partial charge in [0.2, 0.25) is 5.91 Å². The molecule has 102 valence electrons. The lowest BCUT2D eigenvalue weighted by molar-refractivity contribution is -0.130. The third kappa shape index (κ3) is 3.31. The van der Waals surface area contributed by atoms with Crippen LogP contribution in [-0.4, -0.2) is 65.0 Å². The Labute approximate surface area is 112 Å². The van der Waals surface area contributed by atoms with E-state index in [1.54, 1.807) is 25.1 Å². The van der Waals surface area contributed by atoms with Crippen LogP contribution in [0.3, 0.4) is 0 Å². The molecule has 2 heterocycles. The van der Waals surface area contributed by atoms with Gasteiger partial charge in [-0.25, -0.2) is 0 Å². The molecule has 19 heavy (non-hydrogen) atoms. The molecule has 0 fully saturated rings. The topological polar surface area (TPSA) is 76.9 Å². The highest BCUT2D eigenvalue weighted by Gasteiger charge is 2.22. The molecule has 1 aromatic rings. The van der Waals surface area contributed by atoms with E-state index in [4.69, 9.17) is 10.0 Å². The maximum Gasteiger partial charge on any atom is 0.490 e. The van der Waals surface area contributed by atoms with E-state index in [-0.39, 0.29) is 5.91 Å². The molecule has 1 aliphatic rings. The summed E-state index contributed by atoms with van der Waals surface area (Å²) in [4.78, 5) is 19.5. The minimum Gasteiger partial charge on any atom is -0.423 e. The zero-order valence-corrected chi connectivity index (χ0v) is 11.2. The van der Waals surface area contributed by atoms with E-state index in [9.17, 15) is 4.79 Å². The summed E-state index contributed by atoms with van der Waals surface area (Å²) < 4.78 is 0. The van der Waals surface area contributed by atoms with Crippen LogP contribution in [0.2, 0.25) is 0 Å². The van der Waals surface area contributed by atoms with Gasteiger partial charge in [-0.1, -0.05) is 6.07 Å². The number of carbonyl (C=O) groups excluding carboxylic acids is 1. The Balaban J connectivity index is 2.06. The van der Waals surface area contributed by atoms with Gasteiger partial charge in [0.25, 0.3) is 0 Å². The van der Waals surface area contributed by atoms with Crippen molar-refractivity contribution in [3.8, 4) is 0 Å². The lowest BCUT2D eigenvalue weighted by Gasteiger charge is -2.28. The van der Waals surface area contributed by atoms with Crippen LogP contribution in [0.5, 0.6) is 0 Å². The summed E-state index contributed by atoms with van der Waals surface area (Å²) in [5.74, 6) is 0.0749. The van der Waals surface area contributed by atoms with E-state index >= 15 is 0 Å². The van der Waals surface area contributed by atoms with Crippen molar-refractivity contribution in [1.82, 2.24) is 14.8 Å². The monoisotopic (exact) mass is 263 g/mol. The van der Waals surface area contributed by atoms with Crippen molar-refractivity contribution in [2.75, 3.05) is 27.2 Å². The quantitative estimate of drug-likeness (QED) is 0.630. The molecule has 6 nitrogen and oxygen atoms in total. The maximum atomic E-state index is 11.7. The van der Waals surface area contributed by atoms with Crippen molar-refractivity contribution in [3.63, 3.8) is 0 Å². The first kappa shape index (κ1) is 14.0. The summed E-state index contributed by atoms with van der Waals surface area (Å²) in [5.41, 5.74) is 2.35. The van der Waals surface area contributed by atoms with Crippen LogP contribution in [-0.2, 0) is 17.8 Å². The fourth-order valence-electron chi connectivity index (χ4n) is 2.09. The average Bonchev–Trinajstić information content (AvgIpc) is 2.37. The largest absolute Gasteiger partial charge is 0.490 e. The molecular formula is C12H18BN3O3. The van der Waals surface area contributed by atoms with Gasteiger partial charge in [-0.2, -0.15) is 0 Å². The van der Waals surface area contributed by atoms with Crippen LogP contribution in [0.25, 0.3) is 0 Å². The predicted molar refractivity (Wildman–Crippen MR) is 71.7 cm³/mol. The standard InChI is InChI=1S/C12H18BN3O3/c1-15(2)12(17)8-16-4-3-9-5-10(13(18)19)6-14-11(9)7-16/h5-6,18-19H,3-4,7-8H2,1-2H3. The summed E-state index contributed by atoms with van der Waals surface area (Å²) in [6.07, 6.45) is 2.24. The minimum atomic E-state index is -1.48. The minimum absolute atomic E-state index is 0.0749. The first-order chi connectivity index (χ1) is 8.97. The molecule has 0 aromatic carbocycles. The Morgan fingerprint density at radius 3 is 2.89 bits per heavy atom. The van der Waals surface area contributed by atoms with Gasteiger partial charge in [-0.3, -0.25) is 14.7 Å². The molecule has 2 rings (SSSR count). The third-order valence-electron chi connectivity index (χ3n) is 3.31. The average molecular weight is 263 g/mol. The number of fused-ring (bicyclic) bond motifs is 1. The second-order valence-corrected chi connectivity index (χ2v) is 5.00. The van der Waals surface area contributed by atoms with Crippen molar-refractivity contribution in [1.29, 1.82) is 0 Å². The van der Waals surface area contributed by atoms with E-state index < -0.39 is 7.12 Å². The first-order valence-corrected chi connectivity index (χ1v) is 6.23. The van der Waals surface area contributed by atoms with Crippen LogP contribution in [0, 0.1) is 0 Å². The molecule has 0 saturated carbocycles. The zero-order valence-electron chi connectivity index (χ0n) is 11.2. The Morgan fingerprint density at radius 1 is 1.53 bits per heavy atom. The van der Waals surface area contributed by atoms with Crippen molar-refractivity contribution >= 4 is 18.5 Å². The van der Waals surface area contributed by atoms with Crippen LogP contribution in [0.1, 0.15) is 11.3 Å². The summed E-state index contributed by atoms with van der Waals surface area (Å²) in [6, 6.07) is 1.78. The molecule has 0 saturated heterocycles. The van der Waals surface area contributed by atoms with Crippen molar-refractivity contribution in [2.24, 2.45) is 0 Å². The number of likely N-dealkylation sites (N-methyl/N-ethyl adjacent to an activating group) is 1. The number of amides is 1. The lowest BCUT2D eigenvalue weighted by Crippen LogP contribution is -2.40. The second-order valence-electron chi connectivity index (χ2n) is 5.00. The van der Waals surface area contributed by atoms with Gasteiger partial charge in [-0.05, 0) is 12.0 Å². The summed E-state index contributed by atoms with van der Waals surface area (Å²) in [5, 5.41) is 18.2. The van der Waals surface area contributed by atoms with Crippen molar-refractivity contribution < 1.29 is 14.8 Å². The van der Waals surface area contributed by atoms with Gasteiger partial charge in [0.1, 0.15) is 0 Å². The van der Waals surface area contributed by atoms with Crippen LogP contribution in [0.4, 0.5) is 0 Å². The number of pyridine rings is 1. The molecule has 0 spiro atoms. The van der Waals surface area contributed by atoms with E-state index in [2.05, 4.69) is 4.98 Å². The van der Waals surface area contributed by atoms with E-state index in [0.29, 0.717) is 18.6 Å². The molecular weight excluding hydrogens is 245 g/mol. The number of nitrogens with zero attached hydrogens (tertiary/aromatic N) is 3. The molecule has 0 unspecified atom stereocenters. The van der Waals surface area contributed by atoms with Crippen LogP contribution < -0.4 is 5.46 Å². The van der Waals surface area contributed by atoms with E-state index in [1.807, 2.05) is 4.90 Å². The maximum absolute atomic E-state index is 11.7. The molecule has 0 aliphatic carbocycles. The predicted octanol–water partition coefficient (Wildman–Crippen LogP) is -1.79. The van der Waals surface area contributed by atoms with Gasteiger partial charge < -0.3 is 14.9 Å². The highest BCUT2D eigenvalue weighted by Crippen LogP contribution is 2.15. The molecule has 2 N–H and O–H groups in total. The normalized spacial score (nSPS) is 14.9. The lowest BCUT2D eigenvalue weighted by atomic mass is 9.80. The molecule has 1 aromatic heterocycles. The van der Waals surface area contributed by atoms with Gasteiger partial charge in [0, 0.05) is 38.8 Å². The second kappa shape index (κ2) is 5.69. The zero-order chi connectivity index (χ0) is 14.0. The fraction of sp³-hybridized carbons (Fsp3) is 0.500. The van der Waals surface area contributed by atoms with Gasteiger partial charge >= 0.3 is 7.12 Å². The molecule has 1 amide bonds. The number of aromatic nitrogens is 1. The van der Waals surface area contributed by atoms with Gasteiger partial charge in [0.05, 0.1) is 12.2 Å². The van der Waals surface area contributed by atoms with Crippen molar-refractivity contribution in [3.05, 3.63) is 23.5 Å². The highest BCUT2D eigenvalue weighted by molar-refractivity contribution is 6.58. The summed E-state index contributed by atoms with van der Waals surface area (Å²) >= 11 is 0. The molecule has 1 aliphatic heterocycles. The SMILES string of the molecule is CN(C)C(=O)CN1CCc2cc(B(O)O)cnc2C1. The number of hydrogen-bond donors (Lipinski definition) is 2. The Kier molecular flexibility index (Phi) is 4.19. The molecule has 0 bridgehead atoms. The Bertz CT molecular complexity index is 479. The molecule has 0 atom stereocenters. The highest BCUT2D eigenvalue weighted by atomic mass is 16.4. The third-order valence-corrected chi connectivity index (χ3v) is 3.31. The molecule has 0 radical (unpaired) electrons. The fourth-order valence-corrected chi connectivity index (χ4v) is 2.09.